The van der Waals surface area contributed by atoms with Gasteiger partial charge in [0.2, 0.25) is 0 Å². The first-order chi connectivity index (χ1) is 9.24. The maximum Gasteiger partial charge on any atom is 0.161 e. The molecule has 1 aliphatic heterocycles. The van der Waals surface area contributed by atoms with Crippen molar-refractivity contribution in [2.45, 2.75) is 38.8 Å². The molecule has 102 valence electrons. The van der Waals surface area contributed by atoms with Gasteiger partial charge in [-0.05, 0) is 31.0 Å². The van der Waals surface area contributed by atoms with Gasteiger partial charge in [0.1, 0.15) is 0 Å². The molecule has 2 atom stereocenters. The van der Waals surface area contributed by atoms with Gasteiger partial charge in [0.25, 0.3) is 0 Å². The number of rotatable bonds is 4. The first-order valence-electron chi connectivity index (χ1n) is 6.86. The summed E-state index contributed by atoms with van der Waals surface area (Å²) in [7, 11) is 0. The van der Waals surface area contributed by atoms with Gasteiger partial charge in [-0.2, -0.15) is 0 Å². The van der Waals surface area contributed by atoms with E-state index in [0.29, 0.717) is 6.61 Å². The van der Waals surface area contributed by atoms with Gasteiger partial charge in [0, 0.05) is 12.5 Å². The largest absolute Gasteiger partial charge is 0.490 e. The van der Waals surface area contributed by atoms with Crippen molar-refractivity contribution >= 4 is 0 Å². The fourth-order valence-electron chi connectivity index (χ4n) is 2.13. The minimum atomic E-state index is 0.103. The van der Waals surface area contributed by atoms with Gasteiger partial charge < -0.3 is 9.47 Å². The highest BCUT2D eigenvalue weighted by molar-refractivity contribution is 5.44. The van der Waals surface area contributed by atoms with Gasteiger partial charge >= 0.3 is 0 Å². The van der Waals surface area contributed by atoms with E-state index in [0.717, 1.165) is 36.5 Å². The third kappa shape index (κ3) is 3.42. The second-order valence-corrected chi connectivity index (χ2v) is 4.77. The van der Waals surface area contributed by atoms with Gasteiger partial charge in [0.15, 0.2) is 11.5 Å². The van der Waals surface area contributed by atoms with Crippen LogP contribution in [0, 0.1) is 12.3 Å². The van der Waals surface area contributed by atoms with Crippen molar-refractivity contribution in [2.75, 3.05) is 13.2 Å². The van der Waals surface area contributed by atoms with Crippen LogP contribution in [0.3, 0.4) is 0 Å². The van der Waals surface area contributed by atoms with E-state index in [1.807, 2.05) is 12.1 Å². The molecule has 0 radical (unpaired) electrons. The van der Waals surface area contributed by atoms with E-state index < -0.39 is 0 Å². The van der Waals surface area contributed by atoms with E-state index in [4.69, 9.17) is 15.9 Å². The minimum Gasteiger partial charge on any atom is -0.490 e. The molecule has 3 heteroatoms. The Bertz CT molecular complexity index is 464. The van der Waals surface area contributed by atoms with Crippen molar-refractivity contribution in [3.05, 3.63) is 23.8 Å². The fraction of sp³-hybridized carbons (Fsp3) is 0.500. The molecule has 1 aliphatic rings. The second kappa shape index (κ2) is 6.49. The highest BCUT2D eigenvalue weighted by atomic mass is 16.5. The number of nitrogens with one attached hydrogen (secondary N) is 1. The first kappa shape index (κ1) is 13.8. The van der Waals surface area contributed by atoms with Crippen molar-refractivity contribution in [1.82, 2.24) is 5.32 Å². The molecule has 0 saturated carbocycles. The van der Waals surface area contributed by atoms with Crippen LogP contribution < -0.4 is 14.8 Å². The predicted octanol–water partition coefficient (Wildman–Crippen LogP) is 2.91. The average molecular weight is 259 g/mol. The normalized spacial score (nSPS) is 17.1. The third-order valence-corrected chi connectivity index (χ3v) is 3.33. The van der Waals surface area contributed by atoms with Gasteiger partial charge in [-0.3, -0.25) is 5.32 Å². The Labute approximate surface area is 115 Å². The van der Waals surface area contributed by atoms with E-state index in [1.165, 1.54) is 0 Å². The van der Waals surface area contributed by atoms with Crippen LogP contribution in [-0.2, 0) is 0 Å². The van der Waals surface area contributed by atoms with Crippen molar-refractivity contribution in [3.8, 4) is 23.8 Å². The topological polar surface area (TPSA) is 30.5 Å². The molecular weight excluding hydrogens is 238 g/mol. The third-order valence-electron chi connectivity index (χ3n) is 3.33. The van der Waals surface area contributed by atoms with Crippen LogP contribution in [0.25, 0.3) is 0 Å². The number of ether oxygens (including phenoxy) is 2. The minimum absolute atomic E-state index is 0.103. The maximum atomic E-state index is 5.70. The molecule has 1 N–H and O–H groups in total. The maximum absolute atomic E-state index is 5.70. The zero-order chi connectivity index (χ0) is 13.7. The summed E-state index contributed by atoms with van der Waals surface area (Å²) < 4.78 is 11.3. The smallest absolute Gasteiger partial charge is 0.161 e. The SMILES string of the molecule is C#CC(CC)NC(C)c1ccc2c(c1)OCCCO2. The standard InChI is InChI=1S/C16H21NO2/c1-4-14(5-2)17-12(3)13-7-8-15-16(11-13)19-10-6-9-18-15/h1,7-8,11-12,14,17H,5-6,9-10H2,2-3H3. The summed E-state index contributed by atoms with van der Waals surface area (Å²) in [5.41, 5.74) is 1.16. The first-order valence-corrected chi connectivity index (χ1v) is 6.86. The molecule has 1 aromatic rings. The number of hydrogen-bond donors (Lipinski definition) is 1. The van der Waals surface area contributed by atoms with Crippen LogP contribution >= 0.6 is 0 Å². The summed E-state index contributed by atoms with van der Waals surface area (Å²) in [6.07, 6.45) is 7.33. The lowest BCUT2D eigenvalue weighted by molar-refractivity contribution is 0.297. The van der Waals surface area contributed by atoms with E-state index in [2.05, 4.69) is 31.2 Å². The Kier molecular flexibility index (Phi) is 4.70. The van der Waals surface area contributed by atoms with Gasteiger partial charge in [0.05, 0.1) is 19.3 Å². The molecule has 2 unspecified atom stereocenters. The number of terminal acetylenes is 1. The van der Waals surface area contributed by atoms with E-state index in [-0.39, 0.29) is 12.1 Å². The molecule has 0 saturated heterocycles. The van der Waals surface area contributed by atoms with Gasteiger partial charge in [-0.15, -0.1) is 6.42 Å². The number of fused-ring (bicyclic) bond motifs is 1. The zero-order valence-electron chi connectivity index (χ0n) is 11.6. The summed E-state index contributed by atoms with van der Waals surface area (Å²) in [4.78, 5) is 0. The quantitative estimate of drug-likeness (QED) is 0.843. The molecule has 0 spiro atoms. The van der Waals surface area contributed by atoms with Crippen LogP contribution in [0.5, 0.6) is 11.5 Å². The molecule has 0 amide bonds. The molecule has 0 bridgehead atoms. The molecule has 0 fully saturated rings. The fourth-order valence-corrected chi connectivity index (χ4v) is 2.13. The lowest BCUT2D eigenvalue weighted by atomic mass is 10.1. The summed E-state index contributed by atoms with van der Waals surface area (Å²) >= 11 is 0. The summed E-state index contributed by atoms with van der Waals surface area (Å²) in [5, 5.41) is 3.42. The second-order valence-electron chi connectivity index (χ2n) is 4.77. The highest BCUT2D eigenvalue weighted by Gasteiger charge is 2.15. The van der Waals surface area contributed by atoms with E-state index in [1.54, 1.807) is 0 Å². The van der Waals surface area contributed by atoms with Crippen LogP contribution in [0.1, 0.15) is 38.3 Å². The Morgan fingerprint density at radius 2 is 2.05 bits per heavy atom. The summed E-state index contributed by atoms with van der Waals surface area (Å²) in [5.74, 6) is 4.42. The molecule has 1 aromatic carbocycles. The van der Waals surface area contributed by atoms with Crippen molar-refractivity contribution in [1.29, 1.82) is 0 Å². The Balaban J connectivity index is 2.12. The van der Waals surface area contributed by atoms with Gasteiger partial charge in [-0.1, -0.05) is 18.9 Å². The average Bonchev–Trinajstić information content (AvgIpc) is 2.68. The van der Waals surface area contributed by atoms with E-state index in [9.17, 15) is 0 Å². The van der Waals surface area contributed by atoms with Gasteiger partial charge in [-0.25, -0.2) is 0 Å². The van der Waals surface area contributed by atoms with Crippen molar-refractivity contribution < 1.29 is 9.47 Å². The molecule has 1 heterocycles. The zero-order valence-corrected chi connectivity index (χ0v) is 11.6. The molecule has 2 rings (SSSR count). The lowest BCUT2D eigenvalue weighted by Gasteiger charge is -2.19. The number of hydrogen-bond acceptors (Lipinski definition) is 3. The summed E-state index contributed by atoms with van der Waals surface area (Å²) in [6.45, 7) is 5.62. The Morgan fingerprint density at radius 1 is 1.32 bits per heavy atom. The Morgan fingerprint density at radius 3 is 2.74 bits per heavy atom. The predicted molar refractivity (Wildman–Crippen MR) is 76.5 cm³/mol. The van der Waals surface area contributed by atoms with Crippen molar-refractivity contribution in [2.24, 2.45) is 0 Å². The molecular formula is C16H21NO2. The number of benzene rings is 1. The highest BCUT2D eigenvalue weighted by Crippen LogP contribution is 2.32. The molecule has 19 heavy (non-hydrogen) atoms. The molecule has 3 nitrogen and oxygen atoms in total. The van der Waals surface area contributed by atoms with E-state index >= 15 is 0 Å². The Hall–Kier alpha value is -1.66. The lowest BCUT2D eigenvalue weighted by Crippen LogP contribution is -2.29. The summed E-state index contributed by atoms with van der Waals surface area (Å²) in [6, 6.07) is 6.38. The molecule has 0 aliphatic carbocycles. The van der Waals surface area contributed by atoms with Crippen molar-refractivity contribution in [3.63, 3.8) is 0 Å². The van der Waals surface area contributed by atoms with Crippen LogP contribution in [0.4, 0.5) is 0 Å². The van der Waals surface area contributed by atoms with Crippen LogP contribution in [0.15, 0.2) is 18.2 Å². The van der Waals surface area contributed by atoms with Crippen LogP contribution in [0.2, 0.25) is 0 Å². The van der Waals surface area contributed by atoms with Crippen LogP contribution in [-0.4, -0.2) is 19.3 Å². The monoisotopic (exact) mass is 259 g/mol. The molecule has 0 aromatic heterocycles.